The summed E-state index contributed by atoms with van der Waals surface area (Å²) in [5.41, 5.74) is 2.75. The van der Waals surface area contributed by atoms with E-state index in [9.17, 15) is 18.4 Å². The zero-order valence-electron chi connectivity index (χ0n) is 22.3. The van der Waals surface area contributed by atoms with Crippen molar-refractivity contribution in [1.29, 1.82) is 5.26 Å². The van der Waals surface area contributed by atoms with E-state index in [1.54, 1.807) is 28.9 Å². The van der Waals surface area contributed by atoms with Crippen molar-refractivity contribution in [3.8, 4) is 6.07 Å². The number of hydrogen-bond donors (Lipinski definition) is 2. The maximum absolute atomic E-state index is 13.9. The number of fused-ring (bicyclic) bond motifs is 1. The lowest BCUT2D eigenvalue weighted by Gasteiger charge is -2.20. The van der Waals surface area contributed by atoms with Gasteiger partial charge in [-0.05, 0) is 35.2 Å². The van der Waals surface area contributed by atoms with E-state index in [0.717, 1.165) is 17.8 Å². The van der Waals surface area contributed by atoms with Gasteiger partial charge in [-0.2, -0.15) is 9.65 Å². The van der Waals surface area contributed by atoms with Crippen molar-refractivity contribution >= 4 is 39.6 Å². The number of aromatic nitrogens is 5. The molecule has 2 N–H and O–H groups in total. The van der Waals surface area contributed by atoms with Gasteiger partial charge in [-0.15, -0.1) is 5.10 Å². The predicted molar refractivity (Wildman–Crippen MR) is 150 cm³/mol. The molecule has 41 heavy (non-hydrogen) atoms. The second-order valence-corrected chi connectivity index (χ2v) is 11.1. The number of hydrogen-bond acceptors (Lipinski definition) is 7. The van der Waals surface area contributed by atoms with E-state index in [1.807, 2.05) is 6.20 Å². The number of nitriles is 1. The summed E-state index contributed by atoms with van der Waals surface area (Å²) < 4.78 is 42.8. The molecule has 1 unspecified atom stereocenters. The zero-order chi connectivity index (χ0) is 29.3. The minimum absolute atomic E-state index is 0.0343. The second-order valence-electron chi connectivity index (χ2n) is 10.7. The van der Waals surface area contributed by atoms with Gasteiger partial charge < -0.3 is 10.6 Å². The molecule has 0 radical (unpaired) electrons. The normalized spacial score (nSPS) is 12.2. The molecule has 0 amide bonds. The van der Waals surface area contributed by atoms with Gasteiger partial charge in [0, 0.05) is 29.9 Å². The Labute approximate surface area is 238 Å². The smallest absolute Gasteiger partial charge is 0.249 e. The highest BCUT2D eigenvalue weighted by Gasteiger charge is 2.22. The molecule has 3 heterocycles. The molecule has 1 atom stereocenters. The van der Waals surface area contributed by atoms with Crippen molar-refractivity contribution in [2.75, 3.05) is 10.6 Å². The van der Waals surface area contributed by atoms with Gasteiger partial charge in [0.2, 0.25) is 5.95 Å². The van der Waals surface area contributed by atoms with E-state index in [-0.39, 0.29) is 33.2 Å². The summed E-state index contributed by atoms with van der Waals surface area (Å²) in [4.78, 5) is 7.73. The van der Waals surface area contributed by atoms with Crippen molar-refractivity contribution in [2.24, 2.45) is 5.41 Å². The summed E-state index contributed by atoms with van der Waals surface area (Å²) in [6.45, 7) is 6.90. The molecule has 0 aliphatic rings. The van der Waals surface area contributed by atoms with E-state index in [1.165, 1.54) is 18.3 Å². The van der Waals surface area contributed by atoms with E-state index in [2.05, 4.69) is 57.8 Å². The Hall–Kier alpha value is -4.69. The Bertz CT molecular complexity index is 1770. The third-order valence-corrected chi connectivity index (χ3v) is 6.40. The van der Waals surface area contributed by atoms with Crippen LogP contribution in [0.25, 0.3) is 10.9 Å². The average Bonchev–Trinajstić information content (AvgIpc) is 3.37. The van der Waals surface area contributed by atoms with Crippen LogP contribution in [-0.4, -0.2) is 25.0 Å². The predicted octanol–water partition coefficient (Wildman–Crippen LogP) is 7.15. The first kappa shape index (κ1) is 27.9. The van der Waals surface area contributed by atoms with Crippen LogP contribution in [0.15, 0.2) is 61.1 Å². The van der Waals surface area contributed by atoms with Crippen LogP contribution >= 0.6 is 11.6 Å². The number of anilines is 3. The first-order valence-corrected chi connectivity index (χ1v) is 12.9. The average molecular weight is 577 g/mol. The number of nitrogens with zero attached hydrogens (tertiary/aromatic N) is 6. The van der Waals surface area contributed by atoms with Crippen LogP contribution in [-0.2, 0) is 6.54 Å². The van der Waals surface area contributed by atoms with Gasteiger partial charge in [0.25, 0.3) is 0 Å². The summed E-state index contributed by atoms with van der Waals surface area (Å²) in [5, 5.41) is 25.5. The molecule has 0 saturated heterocycles. The first-order chi connectivity index (χ1) is 19.5. The van der Waals surface area contributed by atoms with E-state index < -0.39 is 17.8 Å². The number of rotatable bonds is 7. The molecule has 208 valence electrons. The quantitative estimate of drug-likeness (QED) is 0.198. The molecule has 8 nitrogen and oxygen atoms in total. The fourth-order valence-corrected chi connectivity index (χ4v) is 4.62. The van der Waals surface area contributed by atoms with Crippen molar-refractivity contribution in [1.82, 2.24) is 25.0 Å². The Kier molecular flexibility index (Phi) is 7.51. The van der Waals surface area contributed by atoms with Crippen molar-refractivity contribution in [2.45, 2.75) is 33.4 Å². The van der Waals surface area contributed by atoms with Crippen LogP contribution in [0.3, 0.4) is 0 Å². The second kappa shape index (κ2) is 11.1. The van der Waals surface area contributed by atoms with Crippen LogP contribution in [0.5, 0.6) is 0 Å². The van der Waals surface area contributed by atoms with Crippen LogP contribution in [0.2, 0.25) is 5.02 Å². The lowest BCUT2D eigenvalue weighted by atomic mass is 9.97. The third-order valence-electron chi connectivity index (χ3n) is 6.11. The molecule has 12 heteroatoms. The Morgan fingerprint density at radius 1 is 1.02 bits per heavy atom. The third kappa shape index (κ3) is 6.23. The molecule has 0 fully saturated rings. The van der Waals surface area contributed by atoms with Crippen molar-refractivity contribution in [3.05, 3.63) is 100 Å². The van der Waals surface area contributed by atoms with E-state index >= 15 is 0 Å². The molecule has 0 spiro atoms. The Morgan fingerprint density at radius 2 is 1.78 bits per heavy atom. The molecular formula is C29H24ClF3N8. The summed E-state index contributed by atoms with van der Waals surface area (Å²) >= 11 is 6.63. The molecule has 5 aromatic rings. The molecule has 5 rings (SSSR count). The van der Waals surface area contributed by atoms with Crippen LogP contribution in [0.1, 0.15) is 43.6 Å². The summed E-state index contributed by atoms with van der Waals surface area (Å²) in [6.07, 6.45) is 4.28. The molecule has 2 aromatic carbocycles. The van der Waals surface area contributed by atoms with Crippen LogP contribution in [0, 0.1) is 34.3 Å². The first-order valence-electron chi connectivity index (χ1n) is 12.5. The fraction of sp³-hybridized carbons (Fsp3) is 0.207. The highest BCUT2D eigenvalue weighted by molar-refractivity contribution is 6.36. The van der Waals surface area contributed by atoms with Gasteiger partial charge >= 0.3 is 0 Å². The van der Waals surface area contributed by atoms with Crippen molar-refractivity contribution in [3.63, 3.8) is 0 Å². The SMILES string of the molecule is CC(C)(C)Cn1cc(C(Nc2cc(Cl)c3ncc(C#N)c(Nc4cnc(F)c(F)c4)c3c2)c2ccc(F)cc2)nn1. The highest BCUT2D eigenvalue weighted by Crippen LogP contribution is 2.36. The van der Waals surface area contributed by atoms with Gasteiger partial charge in [-0.1, -0.05) is 49.7 Å². The van der Waals surface area contributed by atoms with Gasteiger partial charge in [-0.3, -0.25) is 9.67 Å². The fourth-order valence-electron chi connectivity index (χ4n) is 4.36. The van der Waals surface area contributed by atoms with Crippen LogP contribution < -0.4 is 10.6 Å². The maximum atomic E-state index is 13.9. The Morgan fingerprint density at radius 3 is 2.46 bits per heavy atom. The van der Waals surface area contributed by atoms with E-state index in [0.29, 0.717) is 28.8 Å². The lowest BCUT2D eigenvalue weighted by molar-refractivity contribution is 0.321. The molecule has 0 aliphatic carbocycles. The number of nitrogens with one attached hydrogen (secondary N) is 2. The van der Waals surface area contributed by atoms with Gasteiger partial charge in [-0.25, -0.2) is 13.8 Å². The van der Waals surface area contributed by atoms with Gasteiger partial charge in [0.15, 0.2) is 5.82 Å². The number of pyridine rings is 2. The maximum Gasteiger partial charge on any atom is 0.249 e. The monoisotopic (exact) mass is 576 g/mol. The molecule has 3 aromatic heterocycles. The number of halogens is 4. The van der Waals surface area contributed by atoms with E-state index in [4.69, 9.17) is 11.6 Å². The summed E-state index contributed by atoms with van der Waals surface area (Å²) in [7, 11) is 0. The topological polar surface area (TPSA) is 104 Å². The van der Waals surface area contributed by atoms with Crippen LogP contribution in [0.4, 0.5) is 30.2 Å². The zero-order valence-corrected chi connectivity index (χ0v) is 23.0. The minimum Gasteiger partial charge on any atom is -0.373 e. The largest absolute Gasteiger partial charge is 0.373 e. The highest BCUT2D eigenvalue weighted by atomic mass is 35.5. The standard InChI is InChI=1S/C29H24ClF3N8/c1-29(2,3)15-41-14-24(39-40-41)26(16-4-6-18(31)7-5-16)37-19-8-21-25(38-20-10-23(32)28(33)36-13-20)17(11-34)12-35-27(21)22(30)9-19/h4-10,12-14,26,37H,15H2,1-3H3,(H,35,38). The minimum atomic E-state index is -1.24. The summed E-state index contributed by atoms with van der Waals surface area (Å²) in [6, 6.07) is 11.9. The Balaban J connectivity index is 1.59. The molecule has 0 bridgehead atoms. The number of benzene rings is 2. The van der Waals surface area contributed by atoms with Gasteiger partial charge in [0.05, 0.1) is 45.9 Å². The molecule has 0 saturated carbocycles. The van der Waals surface area contributed by atoms with Crippen molar-refractivity contribution < 1.29 is 13.2 Å². The molecule has 0 aliphatic heterocycles. The summed E-state index contributed by atoms with van der Waals surface area (Å²) in [5.74, 6) is -2.76. The van der Waals surface area contributed by atoms with Gasteiger partial charge in [0.1, 0.15) is 17.6 Å². The molecular weight excluding hydrogens is 553 g/mol. The lowest BCUT2D eigenvalue weighted by Crippen LogP contribution is -2.16.